The Morgan fingerprint density at radius 1 is 0.840 bits per heavy atom. The number of aliphatic hydroxyl groups is 7. The predicted octanol–water partition coefficient (Wildman–Crippen LogP) is -4.08. The molecule has 2 aliphatic heterocycles. The van der Waals surface area contributed by atoms with Gasteiger partial charge in [0.1, 0.15) is 48.8 Å². The Morgan fingerprint density at radius 2 is 1.48 bits per heavy atom. The maximum atomic E-state index is 10.1. The second-order valence-corrected chi connectivity index (χ2v) is 5.73. The fourth-order valence-corrected chi connectivity index (χ4v) is 2.72. The molecule has 13 heteroatoms. The van der Waals surface area contributed by atoms with Gasteiger partial charge in [0.15, 0.2) is 12.5 Å². The molecule has 0 aromatic carbocycles. The first kappa shape index (κ1) is 20.2. The van der Waals surface area contributed by atoms with Crippen molar-refractivity contribution in [2.75, 3.05) is 13.2 Å². The number of hydrogen-bond donors (Lipinski definition) is 7. The van der Waals surface area contributed by atoms with Crippen LogP contribution in [-0.2, 0) is 14.2 Å². The average molecular weight is 367 g/mol. The van der Waals surface area contributed by atoms with Crippen molar-refractivity contribution >= 4 is 0 Å². The highest BCUT2D eigenvalue weighted by Gasteiger charge is 2.50. The molecule has 0 bridgehead atoms. The molecule has 0 aliphatic carbocycles. The summed E-state index contributed by atoms with van der Waals surface area (Å²) in [4.78, 5) is 2.46. The Balaban J connectivity index is 2.15. The molecule has 0 spiro atoms. The van der Waals surface area contributed by atoms with Gasteiger partial charge in [-0.15, -0.1) is 0 Å². The van der Waals surface area contributed by atoms with E-state index < -0.39 is 74.6 Å². The first-order valence-electron chi connectivity index (χ1n) is 7.48. The smallest absolute Gasteiger partial charge is 0.187 e. The zero-order valence-electron chi connectivity index (χ0n) is 12.9. The quantitative estimate of drug-likeness (QED) is 0.141. The van der Waals surface area contributed by atoms with Crippen LogP contribution in [0.2, 0.25) is 0 Å². The highest BCUT2D eigenvalue weighted by atomic mass is 16.7. The van der Waals surface area contributed by atoms with Gasteiger partial charge in [-0.25, -0.2) is 0 Å². The third-order valence-corrected chi connectivity index (χ3v) is 4.14. The molecule has 10 atom stereocenters. The fraction of sp³-hybridized carbons (Fsp3) is 1.00. The van der Waals surface area contributed by atoms with Gasteiger partial charge >= 0.3 is 0 Å². The first-order chi connectivity index (χ1) is 11.8. The van der Waals surface area contributed by atoms with E-state index in [9.17, 15) is 30.6 Å². The molecule has 0 saturated carbocycles. The topological polar surface area (TPSA) is 218 Å². The predicted molar refractivity (Wildman–Crippen MR) is 75.5 cm³/mol. The summed E-state index contributed by atoms with van der Waals surface area (Å²) in [5.41, 5.74) is 8.42. The minimum atomic E-state index is -1.74. The van der Waals surface area contributed by atoms with Crippen LogP contribution in [0.5, 0.6) is 0 Å². The van der Waals surface area contributed by atoms with Crippen molar-refractivity contribution < 1.29 is 50.0 Å². The minimum Gasteiger partial charge on any atom is -0.394 e. The van der Waals surface area contributed by atoms with Gasteiger partial charge in [-0.3, -0.25) is 0 Å². The molecule has 0 amide bonds. The van der Waals surface area contributed by atoms with Crippen LogP contribution >= 0.6 is 0 Å². The molecule has 2 rings (SSSR count). The standard InChI is InChI=1S/C12H21N3O10/c13-15-14-11-8(21)7(20)10(4(2-17)23-11)25-12-9(22)6(19)5(18)3(1-16)24-12/h3-12,16-22H,1-2H2/t3-,4-,5+,6+,7-,8-,9-,10-,11-,12+/m1/s1. The van der Waals surface area contributed by atoms with E-state index >= 15 is 0 Å². The van der Waals surface area contributed by atoms with E-state index in [1.165, 1.54) is 0 Å². The number of aliphatic hydroxyl groups excluding tert-OH is 7. The molecule has 0 aromatic rings. The van der Waals surface area contributed by atoms with E-state index in [2.05, 4.69) is 10.0 Å². The molecular formula is C12H21N3O10. The van der Waals surface area contributed by atoms with Crippen LogP contribution in [-0.4, -0.2) is 110 Å². The summed E-state index contributed by atoms with van der Waals surface area (Å²) in [6.07, 6.45) is -15.4. The maximum absolute atomic E-state index is 10.1. The largest absolute Gasteiger partial charge is 0.394 e. The van der Waals surface area contributed by atoms with Crippen molar-refractivity contribution in [3.8, 4) is 0 Å². The number of hydrogen-bond acceptors (Lipinski definition) is 11. The second kappa shape index (κ2) is 8.53. The lowest BCUT2D eigenvalue weighted by Crippen LogP contribution is -2.64. The second-order valence-electron chi connectivity index (χ2n) is 5.73. The molecule has 25 heavy (non-hydrogen) atoms. The Kier molecular flexibility index (Phi) is 6.90. The Hall–Kier alpha value is -1.09. The zero-order chi connectivity index (χ0) is 18.7. The number of ether oxygens (including phenoxy) is 3. The lowest BCUT2D eigenvalue weighted by Gasteiger charge is -2.45. The van der Waals surface area contributed by atoms with Crippen LogP contribution in [0.25, 0.3) is 10.4 Å². The van der Waals surface area contributed by atoms with Crippen molar-refractivity contribution in [1.82, 2.24) is 0 Å². The van der Waals surface area contributed by atoms with Crippen molar-refractivity contribution in [2.45, 2.75) is 61.3 Å². The molecule has 7 N–H and O–H groups in total. The van der Waals surface area contributed by atoms with E-state index in [1.54, 1.807) is 0 Å². The maximum Gasteiger partial charge on any atom is 0.187 e. The minimum absolute atomic E-state index is 0.681. The summed E-state index contributed by atoms with van der Waals surface area (Å²) in [5.74, 6) is 0. The molecular weight excluding hydrogens is 346 g/mol. The summed E-state index contributed by atoms with van der Waals surface area (Å²) in [6.45, 7) is -1.37. The first-order valence-corrected chi connectivity index (χ1v) is 7.48. The van der Waals surface area contributed by atoms with E-state index in [0.717, 1.165) is 0 Å². The average Bonchev–Trinajstić information content (AvgIpc) is 2.61. The Morgan fingerprint density at radius 3 is 2.04 bits per heavy atom. The van der Waals surface area contributed by atoms with Crippen molar-refractivity contribution in [3.05, 3.63) is 10.4 Å². The summed E-state index contributed by atoms with van der Waals surface area (Å²) < 4.78 is 15.6. The van der Waals surface area contributed by atoms with Gasteiger partial charge in [0, 0.05) is 4.91 Å². The van der Waals surface area contributed by atoms with Crippen molar-refractivity contribution in [3.63, 3.8) is 0 Å². The summed E-state index contributed by atoms with van der Waals surface area (Å²) in [6, 6.07) is 0. The fourth-order valence-electron chi connectivity index (χ4n) is 2.72. The molecule has 2 saturated heterocycles. The van der Waals surface area contributed by atoms with Gasteiger partial charge < -0.3 is 50.0 Å². The van der Waals surface area contributed by atoms with Gasteiger partial charge in [0.05, 0.1) is 13.2 Å². The monoisotopic (exact) mass is 367 g/mol. The lowest BCUT2D eigenvalue weighted by atomic mass is 9.96. The lowest BCUT2D eigenvalue weighted by molar-refractivity contribution is -0.341. The van der Waals surface area contributed by atoms with Crippen LogP contribution in [0.15, 0.2) is 5.11 Å². The molecule has 0 radical (unpaired) electrons. The molecule has 2 fully saturated rings. The van der Waals surface area contributed by atoms with Gasteiger partial charge in [0.2, 0.25) is 0 Å². The highest BCUT2D eigenvalue weighted by Crippen LogP contribution is 2.29. The Bertz CT molecular complexity index is 488. The molecule has 0 unspecified atom stereocenters. The number of rotatable bonds is 5. The van der Waals surface area contributed by atoms with E-state index in [4.69, 9.17) is 24.8 Å². The van der Waals surface area contributed by atoms with E-state index in [0.29, 0.717) is 0 Å². The number of nitrogens with zero attached hydrogens (tertiary/aromatic N) is 3. The van der Waals surface area contributed by atoms with Gasteiger partial charge in [-0.2, -0.15) is 0 Å². The number of azide groups is 1. The van der Waals surface area contributed by atoms with Gasteiger partial charge in [0.25, 0.3) is 0 Å². The molecule has 2 aliphatic rings. The molecule has 144 valence electrons. The van der Waals surface area contributed by atoms with E-state index in [-0.39, 0.29) is 0 Å². The normalized spacial score (nSPS) is 48.0. The molecule has 0 aromatic heterocycles. The van der Waals surface area contributed by atoms with Crippen LogP contribution in [0.1, 0.15) is 0 Å². The van der Waals surface area contributed by atoms with Crippen molar-refractivity contribution in [2.24, 2.45) is 5.11 Å². The summed E-state index contributed by atoms with van der Waals surface area (Å²) >= 11 is 0. The zero-order valence-corrected chi connectivity index (χ0v) is 12.9. The van der Waals surface area contributed by atoms with Crippen LogP contribution in [0.3, 0.4) is 0 Å². The highest BCUT2D eigenvalue weighted by molar-refractivity contribution is 4.95. The van der Waals surface area contributed by atoms with E-state index in [1.807, 2.05) is 0 Å². The SMILES string of the molecule is [N-]=[N+]=N[C@@H]1O[C@H](CO)[C@@H](O[C@@H]2O[C@H](CO)[C@H](O)[C@H](O)[C@H]2O)[C@H](O)[C@H]1O. The summed E-state index contributed by atoms with van der Waals surface area (Å²) in [7, 11) is 0. The van der Waals surface area contributed by atoms with Crippen LogP contribution in [0, 0.1) is 0 Å². The van der Waals surface area contributed by atoms with Crippen LogP contribution in [0.4, 0.5) is 0 Å². The van der Waals surface area contributed by atoms with Crippen LogP contribution < -0.4 is 0 Å². The molecule has 2 heterocycles. The Labute approximate surface area is 141 Å². The van der Waals surface area contributed by atoms with Gasteiger partial charge in [-0.1, -0.05) is 5.11 Å². The third kappa shape index (κ3) is 4.02. The molecule has 13 nitrogen and oxygen atoms in total. The summed E-state index contributed by atoms with van der Waals surface area (Å²) in [5, 5.41) is 71.1. The van der Waals surface area contributed by atoms with Gasteiger partial charge in [-0.05, 0) is 5.53 Å². The third-order valence-electron chi connectivity index (χ3n) is 4.14. The van der Waals surface area contributed by atoms with Crippen molar-refractivity contribution in [1.29, 1.82) is 0 Å².